The topological polar surface area (TPSA) is 120 Å². The van der Waals surface area contributed by atoms with Gasteiger partial charge in [0.25, 0.3) is 0 Å². The summed E-state index contributed by atoms with van der Waals surface area (Å²) < 4.78 is 8.00. The average molecular weight is 498 g/mol. The molecular formula is C25H32ClN7O2. The van der Waals surface area contributed by atoms with Crippen molar-refractivity contribution in [3.8, 4) is 0 Å². The van der Waals surface area contributed by atoms with Gasteiger partial charge in [0.15, 0.2) is 5.65 Å². The maximum Gasteiger partial charge on any atom is 0.224 e. The Labute approximate surface area is 209 Å². The fraction of sp³-hybridized carbons (Fsp3) is 0.520. The monoisotopic (exact) mass is 497 g/mol. The Balaban J connectivity index is 1.48. The van der Waals surface area contributed by atoms with Gasteiger partial charge in [0.1, 0.15) is 5.52 Å². The molecule has 1 atom stereocenters. The molecule has 1 saturated carbocycles. The first kappa shape index (κ1) is 23.8. The molecule has 1 amide bonds. The van der Waals surface area contributed by atoms with Crippen LogP contribution >= 0.6 is 11.6 Å². The number of imidazole rings is 1. The molecule has 3 heterocycles. The summed E-state index contributed by atoms with van der Waals surface area (Å²) in [6, 6.07) is 7.92. The van der Waals surface area contributed by atoms with Crippen LogP contribution in [0, 0.1) is 5.92 Å². The third kappa shape index (κ3) is 5.36. The first-order valence-corrected chi connectivity index (χ1v) is 12.6. The van der Waals surface area contributed by atoms with Gasteiger partial charge in [-0.25, -0.2) is 9.97 Å². The van der Waals surface area contributed by atoms with E-state index in [-0.39, 0.29) is 29.5 Å². The van der Waals surface area contributed by atoms with Gasteiger partial charge in [0, 0.05) is 35.3 Å². The Hall–Kier alpha value is -2.91. The van der Waals surface area contributed by atoms with Gasteiger partial charge in [-0.15, -0.1) is 0 Å². The van der Waals surface area contributed by atoms with Crippen LogP contribution in [0.2, 0.25) is 5.02 Å². The van der Waals surface area contributed by atoms with Crippen molar-refractivity contribution in [2.45, 2.75) is 70.1 Å². The molecular weight excluding hydrogens is 466 g/mol. The van der Waals surface area contributed by atoms with Crippen LogP contribution in [0.4, 0.5) is 17.6 Å². The van der Waals surface area contributed by atoms with Crippen LogP contribution in [0.5, 0.6) is 0 Å². The number of carbonyl (C=O) groups is 1. The number of anilines is 3. The number of aromatic nitrogens is 4. The van der Waals surface area contributed by atoms with E-state index in [9.17, 15) is 4.79 Å². The van der Waals surface area contributed by atoms with E-state index in [1.807, 2.05) is 24.3 Å². The molecule has 0 bridgehead atoms. The third-order valence-electron chi connectivity index (χ3n) is 7.01. The molecule has 1 saturated heterocycles. The standard InChI is InChI=1S/C25H32ClN7O2/c1-25(2)13-18(10-11-35-25)29-23-28-14-20-22(32-23)33(19-8-6-15(7-9-19)21(27)34)24(31-20)30-17-5-3-4-16(26)12-17/h3-5,12,14-15,18-19H,6-11,13H2,1-2H3,(H2,27,34)(H,30,31)(H,28,29,32)/t15-,18?,19-. The molecule has 0 spiro atoms. The Morgan fingerprint density at radius 2 is 2.00 bits per heavy atom. The Morgan fingerprint density at radius 1 is 1.20 bits per heavy atom. The lowest BCUT2D eigenvalue weighted by Crippen LogP contribution is -2.40. The minimum Gasteiger partial charge on any atom is -0.375 e. The van der Waals surface area contributed by atoms with Gasteiger partial charge in [-0.3, -0.25) is 9.36 Å². The number of rotatable bonds is 6. The van der Waals surface area contributed by atoms with Crippen molar-refractivity contribution in [2.24, 2.45) is 11.7 Å². The summed E-state index contributed by atoms with van der Waals surface area (Å²) >= 11 is 6.21. The number of nitrogens with zero attached hydrogens (tertiary/aromatic N) is 4. The molecule has 35 heavy (non-hydrogen) atoms. The van der Waals surface area contributed by atoms with Crippen molar-refractivity contribution < 1.29 is 9.53 Å². The van der Waals surface area contributed by atoms with Crippen molar-refractivity contribution in [3.63, 3.8) is 0 Å². The van der Waals surface area contributed by atoms with Crippen molar-refractivity contribution in [2.75, 3.05) is 17.2 Å². The molecule has 9 nitrogen and oxygen atoms in total. The van der Waals surface area contributed by atoms with Crippen LogP contribution in [-0.2, 0) is 9.53 Å². The lowest BCUT2D eigenvalue weighted by molar-refractivity contribution is -0.122. The summed E-state index contributed by atoms with van der Waals surface area (Å²) in [5, 5.41) is 7.57. The molecule has 1 aliphatic carbocycles. The van der Waals surface area contributed by atoms with E-state index in [1.165, 1.54) is 0 Å². The molecule has 2 aliphatic rings. The van der Waals surface area contributed by atoms with E-state index < -0.39 is 0 Å². The van der Waals surface area contributed by atoms with Crippen LogP contribution in [0.25, 0.3) is 11.2 Å². The number of hydrogen-bond donors (Lipinski definition) is 3. The van der Waals surface area contributed by atoms with E-state index >= 15 is 0 Å². The molecule has 5 rings (SSSR count). The number of nitrogens with two attached hydrogens (primary N) is 1. The number of halogens is 1. The van der Waals surface area contributed by atoms with Crippen LogP contribution in [0.1, 0.15) is 58.4 Å². The van der Waals surface area contributed by atoms with Crippen LogP contribution in [0.15, 0.2) is 30.5 Å². The fourth-order valence-corrected chi connectivity index (χ4v) is 5.44. The van der Waals surface area contributed by atoms with Gasteiger partial charge >= 0.3 is 0 Å². The maximum atomic E-state index is 11.7. The predicted molar refractivity (Wildman–Crippen MR) is 137 cm³/mol. The molecule has 1 aromatic carbocycles. The molecule has 0 radical (unpaired) electrons. The second-order valence-electron chi connectivity index (χ2n) is 10.2. The molecule has 3 aromatic rings. The number of primary amides is 1. The minimum absolute atomic E-state index is 0.0749. The summed E-state index contributed by atoms with van der Waals surface area (Å²) in [7, 11) is 0. The predicted octanol–water partition coefficient (Wildman–Crippen LogP) is 4.81. The summed E-state index contributed by atoms with van der Waals surface area (Å²) in [6.07, 6.45) is 6.71. The SMILES string of the molecule is CC1(C)CC(Nc2ncc3nc(Nc4cccc(Cl)c4)n([C@H]4CC[C@H](C(N)=O)CC4)c3n2)CCO1. The molecule has 10 heteroatoms. The molecule has 2 aromatic heterocycles. The zero-order valence-electron chi connectivity index (χ0n) is 20.1. The summed E-state index contributed by atoms with van der Waals surface area (Å²) in [5.41, 5.74) is 7.72. The second kappa shape index (κ2) is 9.62. The fourth-order valence-electron chi connectivity index (χ4n) is 5.25. The van der Waals surface area contributed by atoms with Crippen LogP contribution in [-0.4, -0.2) is 43.7 Å². The Morgan fingerprint density at radius 3 is 2.71 bits per heavy atom. The molecule has 186 valence electrons. The molecule has 1 unspecified atom stereocenters. The van der Waals surface area contributed by atoms with Crippen molar-refractivity contribution >= 4 is 46.3 Å². The highest BCUT2D eigenvalue weighted by Crippen LogP contribution is 2.37. The highest BCUT2D eigenvalue weighted by atomic mass is 35.5. The van der Waals surface area contributed by atoms with Gasteiger partial charge in [0.2, 0.25) is 17.8 Å². The molecule has 1 aliphatic heterocycles. The van der Waals surface area contributed by atoms with E-state index in [4.69, 9.17) is 32.0 Å². The number of fused-ring (bicyclic) bond motifs is 1. The van der Waals surface area contributed by atoms with Gasteiger partial charge in [0.05, 0.1) is 11.8 Å². The number of amides is 1. The highest BCUT2D eigenvalue weighted by Gasteiger charge is 2.31. The molecule has 2 fully saturated rings. The van der Waals surface area contributed by atoms with E-state index in [0.717, 1.165) is 49.9 Å². The third-order valence-corrected chi connectivity index (χ3v) is 7.24. The van der Waals surface area contributed by atoms with Gasteiger partial charge in [-0.2, -0.15) is 4.98 Å². The van der Waals surface area contributed by atoms with E-state index in [0.29, 0.717) is 29.0 Å². The first-order valence-electron chi connectivity index (χ1n) is 12.2. The average Bonchev–Trinajstić information content (AvgIpc) is 3.15. The summed E-state index contributed by atoms with van der Waals surface area (Å²) in [6.45, 7) is 4.92. The molecule has 4 N–H and O–H groups in total. The zero-order chi connectivity index (χ0) is 24.6. The normalized spacial score (nSPS) is 24.3. The van der Waals surface area contributed by atoms with Crippen LogP contribution in [0.3, 0.4) is 0 Å². The number of benzene rings is 1. The van der Waals surface area contributed by atoms with Gasteiger partial charge in [-0.1, -0.05) is 17.7 Å². The van der Waals surface area contributed by atoms with Gasteiger partial charge < -0.3 is 21.1 Å². The van der Waals surface area contributed by atoms with E-state index in [1.54, 1.807) is 6.20 Å². The van der Waals surface area contributed by atoms with Crippen LogP contribution < -0.4 is 16.4 Å². The van der Waals surface area contributed by atoms with Crippen molar-refractivity contribution in [3.05, 3.63) is 35.5 Å². The van der Waals surface area contributed by atoms with Crippen molar-refractivity contribution in [1.82, 2.24) is 19.5 Å². The maximum absolute atomic E-state index is 11.7. The smallest absolute Gasteiger partial charge is 0.224 e. The quantitative estimate of drug-likeness (QED) is 0.447. The lowest BCUT2D eigenvalue weighted by atomic mass is 9.85. The minimum atomic E-state index is -0.218. The number of ether oxygens (including phenoxy) is 1. The number of hydrogen-bond acceptors (Lipinski definition) is 7. The Kier molecular flexibility index (Phi) is 6.55. The Bertz CT molecular complexity index is 1220. The van der Waals surface area contributed by atoms with E-state index in [2.05, 4.69) is 34.0 Å². The number of nitrogens with one attached hydrogen (secondary N) is 2. The van der Waals surface area contributed by atoms with Gasteiger partial charge in [-0.05, 0) is 70.6 Å². The zero-order valence-corrected chi connectivity index (χ0v) is 20.9. The second-order valence-corrected chi connectivity index (χ2v) is 10.6. The number of carbonyl (C=O) groups excluding carboxylic acids is 1. The first-order chi connectivity index (χ1) is 16.8. The summed E-state index contributed by atoms with van der Waals surface area (Å²) in [5.74, 6) is 0.975. The lowest BCUT2D eigenvalue weighted by Gasteiger charge is -2.35. The largest absolute Gasteiger partial charge is 0.375 e. The van der Waals surface area contributed by atoms with Crippen molar-refractivity contribution in [1.29, 1.82) is 0 Å². The highest BCUT2D eigenvalue weighted by molar-refractivity contribution is 6.30. The summed E-state index contributed by atoms with van der Waals surface area (Å²) in [4.78, 5) is 26.0.